The number of rotatable bonds is 1. The molecule has 1 rings (SSSR count). The first-order chi connectivity index (χ1) is 5.24. The van der Waals surface area contributed by atoms with E-state index in [1.54, 1.807) is 6.08 Å². The smallest absolute Gasteiger partial charge is 0.156 e. The molecule has 0 aliphatic heterocycles. The highest BCUT2D eigenvalue weighted by atomic mass is 35.5. The number of aromatic nitrogens is 2. The van der Waals surface area contributed by atoms with E-state index < -0.39 is 0 Å². The molecule has 0 unspecified atom stereocenters. The summed E-state index contributed by atoms with van der Waals surface area (Å²) in [6, 6.07) is 0. The molecule has 0 amide bonds. The molecule has 0 aliphatic carbocycles. The minimum absolute atomic E-state index is 0.249. The van der Waals surface area contributed by atoms with Crippen LogP contribution in [0.5, 0.6) is 0 Å². The molecule has 11 heavy (non-hydrogen) atoms. The van der Waals surface area contributed by atoms with Gasteiger partial charge in [0.05, 0.1) is 6.20 Å². The lowest BCUT2D eigenvalue weighted by atomic mass is 10.4. The molecule has 58 valence electrons. The first kappa shape index (κ1) is 8.30. The molecule has 1 aromatic rings. The van der Waals surface area contributed by atoms with Gasteiger partial charge in [-0.25, -0.2) is 4.98 Å². The number of hydrogen-bond acceptors (Lipinski definition) is 3. The van der Waals surface area contributed by atoms with Crippen molar-refractivity contribution in [1.29, 1.82) is 0 Å². The van der Waals surface area contributed by atoms with E-state index in [-0.39, 0.29) is 10.3 Å². The molecule has 0 bridgehead atoms. The van der Waals surface area contributed by atoms with Crippen LogP contribution in [0.3, 0.4) is 0 Å². The summed E-state index contributed by atoms with van der Waals surface area (Å²) in [6.07, 6.45) is 4.29. The Kier molecular flexibility index (Phi) is 2.68. The standard InChI is InChI=1S/C6H5Cl2N3/c7-5-3-10-4(1-2-9)6(8)11-5/h1-3H,9H2. The first-order valence-corrected chi connectivity index (χ1v) is 3.56. The highest BCUT2D eigenvalue weighted by Crippen LogP contribution is 2.14. The Morgan fingerprint density at radius 2 is 2.18 bits per heavy atom. The zero-order valence-corrected chi connectivity index (χ0v) is 6.97. The van der Waals surface area contributed by atoms with Gasteiger partial charge in [-0.05, 0) is 12.3 Å². The summed E-state index contributed by atoms with van der Waals surface area (Å²) in [5, 5.41) is 0.517. The molecular weight excluding hydrogens is 185 g/mol. The van der Waals surface area contributed by atoms with Gasteiger partial charge in [-0.2, -0.15) is 0 Å². The van der Waals surface area contributed by atoms with E-state index in [2.05, 4.69) is 9.97 Å². The minimum Gasteiger partial charge on any atom is -0.405 e. The fourth-order valence-electron chi connectivity index (χ4n) is 0.559. The number of hydrogen-bond donors (Lipinski definition) is 1. The Bertz CT molecular complexity index is 285. The van der Waals surface area contributed by atoms with Crippen molar-refractivity contribution in [2.24, 2.45) is 5.73 Å². The number of nitrogens with zero attached hydrogens (tertiary/aromatic N) is 2. The topological polar surface area (TPSA) is 51.8 Å². The van der Waals surface area contributed by atoms with Gasteiger partial charge in [0, 0.05) is 0 Å². The van der Waals surface area contributed by atoms with E-state index in [1.807, 2.05) is 0 Å². The monoisotopic (exact) mass is 189 g/mol. The Balaban J connectivity index is 3.09. The van der Waals surface area contributed by atoms with E-state index in [0.717, 1.165) is 0 Å². The van der Waals surface area contributed by atoms with Crippen molar-refractivity contribution in [1.82, 2.24) is 9.97 Å². The van der Waals surface area contributed by atoms with Gasteiger partial charge in [0.1, 0.15) is 10.8 Å². The summed E-state index contributed by atoms with van der Waals surface area (Å²) >= 11 is 11.1. The summed E-state index contributed by atoms with van der Waals surface area (Å²) in [7, 11) is 0. The molecule has 1 heterocycles. The molecule has 0 aliphatic rings. The van der Waals surface area contributed by atoms with Crippen molar-refractivity contribution in [3.63, 3.8) is 0 Å². The van der Waals surface area contributed by atoms with Gasteiger partial charge in [0.25, 0.3) is 0 Å². The van der Waals surface area contributed by atoms with E-state index in [4.69, 9.17) is 28.9 Å². The van der Waals surface area contributed by atoms with Crippen LogP contribution in [-0.4, -0.2) is 9.97 Å². The molecule has 0 aromatic carbocycles. The molecule has 0 saturated carbocycles. The highest BCUT2D eigenvalue weighted by Gasteiger charge is 1.99. The van der Waals surface area contributed by atoms with E-state index >= 15 is 0 Å². The summed E-state index contributed by atoms with van der Waals surface area (Å²) in [4.78, 5) is 7.63. The fraction of sp³-hybridized carbons (Fsp3) is 0. The van der Waals surface area contributed by atoms with Gasteiger partial charge < -0.3 is 5.73 Å². The Morgan fingerprint density at radius 1 is 1.45 bits per heavy atom. The molecule has 3 nitrogen and oxygen atoms in total. The maximum atomic E-state index is 5.64. The normalized spacial score (nSPS) is 10.7. The molecular formula is C6H5Cl2N3. The largest absolute Gasteiger partial charge is 0.405 e. The third-order valence-electron chi connectivity index (χ3n) is 0.981. The van der Waals surface area contributed by atoms with Crippen molar-refractivity contribution < 1.29 is 0 Å². The molecule has 1 aromatic heterocycles. The van der Waals surface area contributed by atoms with Gasteiger partial charge in [-0.1, -0.05) is 23.2 Å². The van der Waals surface area contributed by atoms with Gasteiger partial charge in [-0.15, -0.1) is 0 Å². The average Bonchev–Trinajstić information content (AvgIpc) is 1.95. The maximum absolute atomic E-state index is 5.64. The lowest BCUT2D eigenvalue weighted by Crippen LogP contribution is -1.88. The Morgan fingerprint density at radius 3 is 2.73 bits per heavy atom. The third-order valence-corrected chi connectivity index (χ3v) is 1.44. The second kappa shape index (κ2) is 3.55. The molecule has 5 heteroatoms. The van der Waals surface area contributed by atoms with Gasteiger partial charge in [0.15, 0.2) is 5.15 Å². The van der Waals surface area contributed by atoms with Crippen LogP contribution in [-0.2, 0) is 0 Å². The van der Waals surface area contributed by atoms with Crippen LogP contribution in [0, 0.1) is 0 Å². The van der Waals surface area contributed by atoms with Crippen molar-refractivity contribution in [2.75, 3.05) is 0 Å². The zero-order chi connectivity index (χ0) is 8.27. The SMILES string of the molecule is NC=Cc1ncc(Cl)nc1Cl. The highest BCUT2D eigenvalue weighted by molar-refractivity contribution is 6.33. The number of nitrogens with two attached hydrogens (primary N) is 1. The quantitative estimate of drug-likeness (QED) is 0.733. The third kappa shape index (κ3) is 2.06. The average molecular weight is 190 g/mol. The van der Waals surface area contributed by atoms with E-state index in [9.17, 15) is 0 Å². The van der Waals surface area contributed by atoms with Crippen LogP contribution in [0.15, 0.2) is 12.4 Å². The summed E-state index contributed by atoms with van der Waals surface area (Å²) in [5.41, 5.74) is 5.64. The van der Waals surface area contributed by atoms with Crippen molar-refractivity contribution in [3.05, 3.63) is 28.4 Å². The van der Waals surface area contributed by atoms with Crippen LogP contribution >= 0.6 is 23.2 Å². The van der Waals surface area contributed by atoms with Gasteiger partial charge in [0.2, 0.25) is 0 Å². The fourth-order valence-corrected chi connectivity index (χ4v) is 0.938. The molecule has 0 fully saturated rings. The summed E-state index contributed by atoms with van der Waals surface area (Å²) in [6.45, 7) is 0. The summed E-state index contributed by atoms with van der Waals surface area (Å²) in [5.74, 6) is 0. The van der Waals surface area contributed by atoms with Crippen molar-refractivity contribution >= 4 is 29.3 Å². The van der Waals surface area contributed by atoms with Crippen LogP contribution in [0.2, 0.25) is 10.3 Å². The first-order valence-electron chi connectivity index (χ1n) is 2.80. The van der Waals surface area contributed by atoms with Crippen LogP contribution in [0.25, 0.3) is 6.08 Å². The van der Waals surface area contributed by atoms with Gasteiger partial charge >= 0.3 is 0 Å². The predicted molar refractivity (Wildman–Crippen MR) is 45.3 cm³/mol. The summed E-state index contributed by atoms with van der Waals surface area (Å²) < 4.78 is 0. The molecule has 0 spiro atoms. The Hall–Kier alpha value is -0.800. The van der Waals surface area contributed by atoms with Crippen LogP contribution in [0.1, 0.15) is 5.69 Å². The van der Waals surface area contributed by atoms with Crippen molar-refractivity contribution in [3.8, 4) is 0 Å². The van der Waals surface area contributed by atoms with E-state index in [0.29, 0.717) is 5.69 Å². The number of halogens is 2. The molecule has 0 radical (unpaired) electrons. The van der Waals surface area contributed by atoms with Gasteiger partial charge in [-0.3, -0.25) is 4.98 Å². The maximum Gasteiger partial charge on any atom is 0.156 e. The van der Waals surface area contributed by atoms with Crippen molar-refractivity contribution in [2.45, 2.75) is 0 Å². The van der Waals surface area contributed by atoms with E-state index in [1.165, 1.54) is 12.4 Å². The zero-order valence-electron chi connectivity index (χ0n) is 5.46. The minimum atomic E-state index is 0.249. The Labute approximate surface area is 73.9 Å². The second-order valence-electron chi connectivity index (χ2n) is 1.73. The molecule has 2 N–H and O–H groups in total. The second-order valence-corrected chi connectivity index (χ2v) is 2.47. The molecule has 0 atom stereocenters. The lowest BCUT2D eigenvalue weighted by Gasteiger charge is -1.94. The van der Waals surface area contributed by atoms with Crippen LogP contribution < -0.4 is 5.73 Å². The lowest BCUT2D eigenvalue weighted by molar-refractivity contribution is 1.18. The van der Waals surface area contributed by atoms with Crippen LogP contribution in [0.4, 0.5) is 0 Å². The molecule has 0 saturated heterocycles. The predicted octanol–water partition coefficient (Wildman–Crippen LogP) is 1.71.